The van der Waals surface area contributed by atoms with Gasteiger partial charge in [0.05, 0.1) is 12.2 Å². The molecule has 136 valence electrons. The number of hydrogen-bond donors (Lipinski definition) is 2. The molecule has 0 saturated carbocycles. The molecule has 1 atom stereocenters. The van der Waals surface area contributed by atoms with Crippen molar-refractivity contribution in [2.75, 3.05) is 25.0 Å². The van der Waals surface area contributed by atoms with Crippen LogP contribution in [0.3, 0.4) is 0 Å². The van der Waals surface area contributed by atoms with Crippen LogP contribution in [0.2, 0.25) is 0 Å². The first-order valence-corrected chi connectivity index (χ1v) is 8.59. The maximum absolute atomic E-state index is 12.1. The Hall–Kier alpha value is -3.09. The molecule has 0 radical (unpaired) electrons. The summed E-state index contributed by atoms with van der Waals surface area (Å²) in [5, 5.41) is 5.95. The standard InChI is InChI=1S/C19H22N4O3/c24-18(12-21-16-7-4-9-20-11-16)22-17-8-10-23(13-17)19(25)26-14-15-5-2-1-3-6-15/h1-7,9,11,17,21H,8,10,12-14H2,(H,22,24). The number of aromatic nitrogens is 1. The normalized spacial score (nSPS) is 16.2. The molecule has 1 saturated heterocycles. The number of carbonyl (C=O) groups excluding carboxylic acids is 2. The van der Waals surface area contributed by atoms with Gasteiger partial charge in [-0.05, 0) is 24.1 Å². The zero-order chi connectivity index (χ0) is 18.2. The van der Waals surface area contributed by atoms with Crippen LogP contribution in [0.4, 0.5) is 10.5 Å². The van der Waals surface area contributed by atoms with Gasteiger partial charge >= 0.3 is 6.09 Å². The predicted molar refractivity (Wildman–Crippen MR) is 97.5 cm³/mol. The van der Waals surface area contributed by atoms with Gasteiger partial charge < -0.3 is 20.3 Å². The average molecular weight is 354 g/mol. The molecule has 26 heavy (non-hydrogen) atoms. The lowest BCUT2D eigenvalue weighted by molar-refractivity contribution is -0.120. The number of hydrogen-bond acceptors (Lipinski definition) is 5. The van der Waals surface area contributed by atoms with Crippen molar-refractivity contribution in [1.29, 1.82) is 0 Å². The second-order valence-electron chi connectivity index (χ2n) is 6.13. The minimum absolute atomic E-state index is 0.0533. The third-order valence-corrected chi connectivity index (χ3v) is 4.13. The minimum Gasteiger partial charge on any atom is -0.445 e. The van der Waals surface area contributed by atoms with Crippen LogP contribution < -0.4 is 10.6 Å². The van der Waals surface area contributed by atoms with Gasteiger partial charge in [-0.1, -0.05) is 30.3 Å². The summed E-state index contributed by atoms with van der Waals surface area (Å²) in [6.07, 6.45) is 3.71. The number of likely N-dealkylation sites (tertiary alicyclic amines) is 1. The van der Waals surface area contributed by atoms with Gasteiger partial charge in [-0.15, -0.1) is 0 Å². The number of rotatable bonds is 6. The summed E-state index contributed by atoms with van der Waals surface area (Å²) in [5.41, 5.74) is 1.74. The van der Waals surface area contributed by atoms with E-state index in [2.05, 4.69) is 15.6 Å². The topological polar surface area (TPSA) is 83.6 Å². The molecule has 0 bridgehead atoms. The van der Waals surface area contributed by atoms with E-state index in [-0.39, 0.29) is 31.2 Å². The van der Waals surface area contributed by atoms with Crippen molar-refractivity contribution < 1.29 is 14.3 Å². The molecule has 0 aliphatic carbocycles. The van der Waals surface area contributed by atoms with E-state index in [4.69, 9.17) is 4.74 Å². The van der Waals surface area contributed by atoms with Crippen molar-refractivity contribution in [3.05, 3.63) is 60.4 Å². The second kappa shape index (κ2) is 8.84. The first-order valence-electron chi connectivity index (χ1n) is 8.59. The summed E-state index contributed by atoms with van der Waals surface area (Å²) in [5.74, 6) is -0.113. The lowest BCUT2D eigenvalue weighted by atomic mass is 10.2. The SMILES string of the molecule is O=C(CNc1cccnc1)NC1CCN(C(=O)OCc2ccccc2)C1. The van der Waals surface area contributed by atoms with Crippen LogP contribution in [0.5, 0.6) is 0 Å². The van der Waals surface area contributed by atoms with E-state index in [9.17, 15) is 9.59 Å². The van der Waals surface area contributed by atoms with E-state index in [1.165, 1.54) is 0 Å². The summed E-state index contributed by atoms with van der Waals surface area (Å²) >= 11 is 0. The molecular formula is C19H22N4O3. The number of pyridine rings is 1. The molecule has 7 heteroatoms. The summed E-state index contributed by atoms with van der Waals surface area (Å²) in [6, 6.07) is 13.2. The van der Waals surface area contributed by atoms with Crippen LogP contribution in [0.25, 0.3) is 0 Å². The number of anilines is 1. The lowest BCUT2D eigenvalue weighted by Crippen LogP contribution is -2.41. The maximum atomic E-state index is 12.1. The summed E-state index contributed by atoms with van der Waals surface area (Å²) in [7, 11) is 0. The lowest BCUT2D eigenvalue weighted by Gasteiger charge is -2.17. The van der Waals surface area contributed by atoms with Gasteiger partial charge in [0, 0.05) is 31.5 Å². The molecule has 2 aromatic rings. The first kappa shape index (κ1) is 17.7. The fraction of sp³-hybridized carbons (Fsp3) is 0.316. The first-order chi connectivity index (χ1) is 12.7. The van der Waals surface area contributed by atoms with E-state index in [0.29, 0.717) is 13.1 Å². The quantitative estimate of drug-likeness (QED) is 0.829. The predicted octanol–water partition coefficient (Wildman–Crippen LogP) is 2.02. The number of nitrogens with zero attached hydrogens (tertiary/aromatic N) is 2. The van der Waals surface area contributed by atoms with Gasteiger partial charge in [0.25, 0.3) is 0 Å². The van der Waals surface area contributed by atoms with E-state index < -0.39 is 0 Å². The second-order valence-corrected chi connectivity index (χ2v) is 6.13. The van der Waals surface area contributed by atoms with E-state index in [0.717, 1.165) is 17.7 Å². The fourth-order valence-electron chi connectivity index (χ4n) is 2.78. The van der Waals surface area contributed by atoms with Gasteiger partial charge in [0.15, 0.2) is 0 Å². The van der Waals surface area contributed by atoms with Gasteiger partial charge in [-0.2, -0.15) is 0 Å². The molecule has 1 aliphatic heterocycles. The Morgan fingerprint density at radius 2 is 2.04 bits per heavy atom. The molecule has 0 spiro atoms. The van der Waals surface area contributed by atoms with Crippen molar-refractivity contribution in [3.63, 3.8) is 0 Å². The highest BCUT2D eigenvalue weighted by molar-refractivity contribution is 5.81. The molecule has 1 unspecified atom stereocenters. The molecular weight excluding hydrogens is 332 g/mol. The zero-order valence-electron chi connectivity index (χ0n) is 14.4. The van der Waals surface area contributed by atoms with E-state index in [1.807, 2.05) is 36.4 Å². The maximum Gasteiger partial charge on any atom is 0.410 e. The molecule has 2 heterocycles. The van der Waals surface area contributed by atoms with Crippen molar-refractivity contribution in [2.45, 2.75) is 19.1 Å². The summed E-state index contributed by atoms with van der Waals surface area (Å²) in [4.78, 5) is 29.8. The summed E-state index contributed by atoms with van der Waals surface area (Å²) in [6.45, 7) is 1.46. The van der Waals surface area contributed by atoms with Crippen LogP contribution in [0.1, 0.15) is 12.0 Å². The molecule has 3 rings (SSSR count). The average Bonchev–Trinajstić information content (AvgIpc) is 3.14. The smallest absolute Gasteiger partial charge is 0.410 e. The van der Waals surface area contributed by atoms with Gasteiger partial charge in [0.1, 0.15) is 6.61 Å². The van der Waals surface area contributed by atoms with Crippen molar-refractivity contribution >= 4 is 17.7 Å². The molecule has 1 aromatic carbocycles. The molecule has 2 N–H and O–H groups in total. The largest absolute Gasteiger partial charge is 0.445 e. The van der Waals surface area contributed by atoms with Crippen LogP contribution in [-0.4, -0.2) is 47.6 Å². The molecule has 1 aromatic heterocycles. The number of benzene rings is 1. The monoisotopic (exact) mass is 354 g/mol. The van der Waals surface area contributed by atoms with Crippen molar-refractivity contribution in [3.8, 4) is 0 Å². The third kappa shape index (κ3) is 5.20. The highest BCUT2D eigenvalue weighted by Crippen LogP contribution is 2.12. The Labute approximate surface area is 152 Å². The zero-order valence-corrected chi connectivity index (χ0v) is 14.4. The van der Waals surface area contributed by atoms with Crippen molar-refractivity contribution in [1.82, 2.24) is 15.2 Å². The third-order valence-electron chi connectivity index (χ3n) is 4.13. The van der Waals surface area contributed by atoms with Gasteiger partial charge in [0.2, 0.25) is 5.91 Å². The Balaban J connectivity index is 1.37. The van der Waals surface area contributed by atoms with E-state index >= 15 is 0 Å². The highest BCUT2D eigenvalue weighted by atomic mass is 16.6. The van der Waals surface area contributed by atoms with Crippen LogP contribution >= 0.6 is 0 Å². The molecule has 1 fully saturated rings. The van der Waals surface area contributed by atoms with Crippen molar-refractivity contribution in [2.24, 2.45) is 0 Å². The number of amides is 2. The molecule has 7 nitrogen and oxygen atoms in total. The van der Waals surface area contributed by atoms with Gasteiger partial charge in [-0.3, -0.25) is 9.78 Å². The van der Waals surface area contributed by atoms with Crippen LogP contribution in [-0.2, 0) is 16.1 Å². The minimum atomic E-state index is -0.348. The Bertz CT molecular complexity index is 724. The highest BCUT2D eigenvalue weighted by Gasteiger charge is 2.28. The molecule has 1 aliphatic rings. The van der Waals surface area contributed by atoms with Crippen LogP contribution in [0, 0.1) is 0 Å². The van der Waals surface area contributed by atoms with E-state index in [1.54, 1.807) is 23.4 Å². The fourth-order valence-corrected chi connectivity index (χ4v) is 2.78. The van der Waals surface area contributed by atoms with Crippen LogP contribution in [0.15, 0.2) is 54.9 Å². The summed E-state index contributed by atoms with van der Waals surface area (Å²) < 4.78 is 5.33. The number of nitrogens with one attached hydrogen (secondary N) is 2. The number of carbonyl (C=O) groups is 2. The number of ether oxygens (including phenoxy) is 1. The molecule has 2 amide bonds. The Kier molecular flexibility index (Phi) is 6.03. The van der Waals surface area contributed by atoms with Gasteiger partial charge in [-0.25, -0.2) is 4.79 Å². The Morgan fingerprint density at radius 3 is 2.81 bits per heavy atom. The Morgan fingerprint density at radius 1 is 1.19 bits per heavy atom.